The van der Waals surface area contributed by atoms with Gasteiger partial charge in [0.05, 0.1) is 11.9 Å². The first kappa shape index (κ1) is 13.3. The summed E-state index contributed by atoms with van der Waals surface area (Å²) in [5, 5.41) is 12.0. The van der Waals surface area contributed by atoms with Crippen LogP contribution in [0.5, 0.6) is 0 Å². The summed E-state index contributed by atoms with van der Waals surface area (Å²) in [6.45, 7) is 1.91. The maximum atomic E-state index is 12.6. The monoisotopic (exact) mass is 291 g/mol. The largest absolute Gasteiger partial charge is 0.397 e. The second-order valence-corrected chi connectivity index (χ2v) is 5.99. The number of aromatic nitrogens is 2. The summed E-state index contributed by atoms with van der Waals surface area (Å²) in [6.07, 6.45) is 3.55. The first-order valence-electron chi connectivity index (χ1n) is 6.66. The van der Waals surface area contributed by atoms with E-state index in [0.717, 1.165) is 31.3 Å². The van der Waals surface area contributed by atoms with Gasteiger partial charge in [0.1, 0.15) is 9.71 Å². The molecule has 1 fully saturated rings. The maximum Gasteiger partial charge on any atom is 0.266 e. The topological polar surface area (TPSA) is 84.1 Å². The third-order valence-electron chi connectivity index (χ3n) is 3.79. The zero-order valence-electron chi connectivity index (χ0n) is 11.3. The van der Waals surface area contributed by atoms with E-state index in [1.165, 1.54) is 11.3 Å². The highest BCUT2D eigenvalue weighted by Gasteiger charge is 2.26. The number of piperidine rings is 1. The Hall–Kier alpha value is -1.73. The van der Waals surface area contributed by atoms with Gasteiger partial charge in [-0.2, -0.15) is 5.10 Å². The Labute approximate surface area is 121 Å². The van der Waals surface area contributed by atoms with Gasteiger partial charge >= 0.3 is 0 Å². The molecule has 2 aromatic heterocycles. The van der Waals surface area contributed by atoms with Crippen LogP contribution in [0, 0.1) is 0 Å². The first-order valence-corrected chi connectivity index (χ1v) is 7.47. The van der Waals surface area contributed by atoms with Gasteiger partial charge in [0.15, 0.2) is 0 Å². The molecule has 6 nitrogen and oxygen atoms in total. The number of nitrogens with one attached hydrogen (secondary N) is 1. The molecule has 3 heterocycles. The zero-order valence-corrected chi connectivity index (χ0v) is 12.1. The number of thiophene rings is 1. The molecule has 0 atom stereocenters. The van der Waals surface area contributed by atoms with Gasteiger partial charge in [-0.05, 0) is 32.0 Å². The van der Waals surface area contributed by atoms with Crippen molar-refractivity contribution in [2.45, 2.75) is 18.9 Å². The van der Waals surface area contributed by atoms with E-state index in [1.807, 2.05) is 11.9 Å². The van der Waals surface area contributed by atoms with Crippen LogP contribution < -0.4 is 11.1 Å². The number of rotatable bonds is 2. The summed E-state index contributed by atoms with van der Waals surface area (Å²) in [5.41, 5.74) is 6.61. The summed E-state index contributed by atoms with van der Waals surface area (Å²) in [7, 11) is 1.85. The molecule has 0 bridgehead atoms. The zero-order chi connectivity index (χ0) is 14.1. The standard InChI is InChI=1S/C13H17N5OS/c1-18(8-2-5-15-6-3-8)13(19)11-10(14)9-4-7-16-17-12(9)20-11/h4,7-8,15H,2-3,5-6,14H2,1H3. The number of amides is 1. The Morgan fingerprint density at radius 1 is 1.50 bits per heavy atom. The van der Waals surface area contributed by atoms with Crippen LogP contribution in [0.15, 0.2) is 12.3 Å². The van der Waals surface area contributed by atoms with Crippen LogP contribution in [0.2, 0.25) is 0 Å². The number of anilines is 1. The molecule has 1 amide bonds. The van der Waals surface area contributed by atoms with E-state index in [-0.39, 0.29) is 11.9 Å². The fraction of sp³-hybridized carbons (Fsp3) is 0.462. The van der Waals surface area contributed by atoms with E-state index < -0.39 is 0 Å². The molecule has 0 spiro atoms. The molecule has 0 aromatic carbocycles. The minimum absolute atomic E-state index is 0.0163. The number of nitrogens with two attached hydrogens (primary N) is 1. The van der Waals surface area contributed by atoms with Crippen molar-refractivity contribution in [2.24, 2.45) is 0 Å². The second-order valence-electron chi connectivity index (χ2n) is 4.99. The number of nitrogens with zero attached hydrogens (tertiary/aromatic N) is 3. The van der Waals surface area contributed by atoms with Crippen LogP contribution in [-0.2, 0) is 0 Å². The Balaban J connectivity index is 1.89. The van der Waals surface area contributed by atoms with Gasteiger partial charge in [0, 0.05) is 18.5 Å². The van der Waals surface area contributed by atoms with Crippen molar-refractivity contribution in [3.63, 3.8) is 0 Å². The molecule has 106 valence electrons. The maximum absolute atomic E-state index is 12.6. The minimum atomic E-state index is -0.0163. The second kappa shape index (κ2) is 5.34. The van der Waals surface area contributed by atoms with Gasteiger partial charge < -0.3 is 16.0 Å². The number of nitrogen functional groups attached to an aromatic ring is 1. The SMILES string of the molecule is CN(C(=O)c1sc2nnccc2c1N)C1CCNCC1. The van der Waals surface area contributed by atoms with Gasteiger partial charge in [-0.15, -0.1) is 16.4 Å². The fourth-order valence-corrected chi connectivity index (χ4v) is 3.57. The molecule has 20 heavy (non-hydrogen) atoms. The molecule has 2 aromatic rings. The first-order chi connectivity index (χ1) is 9.68. The summed E-state index contributed by atoms with van der Waals surface area (Å²) >= 11 is 1.32. The third-order valence-corrected chi connectivity index (χ3v) is 4.88. The van der Waals surface area contributed by atoms with Crippen molar-refractivity contribution in [3.05, 3.63) is 17.1 Å². The molecule has 3 N–H and O–H groups in total. The number of hydrogen-bond donors (Lipinski definition) is 2. The molecule has 1 aliphatic rings. The van der Waals surface area contributed by atoms with Gasteiger partial charge in [-0.1, -0.05) is 0 Å². The van der Waals surface area contributed by atoms with Crippen molar-refractivity contribution in [2.75, 3.05) is 25.9 Å². The molecule has 1 aliphatic heterocycles. The summed E-state index contributed by atoms with van der Waals surface area (Å²) < 4.78 is 0. The van der Waals surface area contributed by atoms with E-state index in [1.54, 1.807) is 12.3 Å². The van der Waals surface area contributed by atoms with Crippen LogP contribution >= 0.6 is 11.3 Å². The van der Waals surface area contributed by atoms with Gasteiger partial charge in [-0.25, -0.2) is 0 Å². The van der Waals surface area contributed by atoms with E-state index in [2.05, 4.69) is 15.5 Å². The lowest BCUT2D eigenvalue weighted by Gasteiger charge is -2.31. The highest BCUT2D eigenvalue weighted by Crippen LogP contribution is 2.32. The fourth-order valence-electron chi connectivity index (χ4n) is 2.55. The van der Waals surface area contributed by atoms with E-state index in [0.29, 0.717) is 15.4 Å². The highest BCUT2D eigenvalue weighted by molar-refractivity contribution is 7.21. The predicted molar refractivity (Wildman–Crippen MR) is 79.8 cm³/mol. The molecule has 7 heteroatoms. The number of hydrogen-bond acceptors (Lipinski definition) is 6. The van der Waals surface area contributed by atoms with Crippen molar-refractivity contribution < 1.29 is 4.79 Å². The van der Waals surface area contributed by atoms with Crippen LogP contribution in [0.1, 0.15) is 22.5 Å². The normalized spacial score (nSPS) is 16.4. The lowest BCUT2D eigenvalue weighted by atomic mass is 10.1. The molecular weight excluding hydrogens is 274 g/mol. The van der Waals surface area contributed by atoms with Crippen LogP contribution in [-0.4, -0.2) is 47.2 Å². The quantitative estimate of drug-likeness (QED) is 0.865. The van der Waals surface area contributed by atoms with E-state index >= 15 is 0 Å². The van der Waals surface area contributed by atoms with Gasteiger partial charge in [0.2, 0.25) is 0 Å². The Bertz CT molecular complexity index is 635. The smallest absolute Gasteiger partial charge is 0.266 e. The highest BCUT2D eigenvalue weighted by atomic mass is 32.1. The third kappa shape index (κ3) is 2.23. The lowest BCUT2D eigenvalue weighted by Crippen LogP contribution is -2.43. The Morgan fingerprint density at radius 2 is 2.25 bits per heavy atom. The van der Waals surface area contributed by atoms with Crippen molar-refractivity contribution in [1.82, 2.24) is 20.4 Å². The lowest BCUT2D eigenvalue weighted by molar-refractivity contribution is 0.0709. The average Bonchev–Trinajstić information content (AvgIpc) is 2.84. The van der Waals surface area contributed by atoms with E-state index in [4.69, 9.17) is 5.73 Å². The molecule has 3 rings (SSSR count). The van der Waals surface area contributed by atoms with Crippen molar-refractivity contribution in [1.29, 1.82) is 0 Å². The van der Waals surface area contributed by atoms with Gasteiger partial charge in [-0.3, -0.25) is 4.79 Å². The van der Waals surface area contributed by atoms with Crippen molar-refractivity contribution in [3.8, 4) is 0 Å². The molecule has 0 aliphatic carbocycles. The summed E-state index contributed by atoms with van der Waals surface area (Å²) in [6, 6.07) is 2.08. The Morgan fingerprint density at radius 3 is 2.95 bits per heavy atom. The summed E-state index contributed by atoms with van der Waals surface area (Å²) in [5.74, 6) is -0.0163. The predicted octanol–water partition coefficient (Wildman–Crippen LogP) is 1.10. The number of carbonyl (C=O) groups excluding carboxylic acids is 1. The Kier molecular flexibility index (Phi) is 3.54. The van der Waals surface area contributed by atoms with Crippen molar-refractivity contribution >= 4 is 33.1 Å². The van der Waals surface area contributed by atoms with Crippen LogP contribution in [0.25, 0.3) is 10.2 Å². The summed E-state index contributed by atoms with van der Waals surface area (Å²) in [4.78, 5) is 15.7. The molecule has 0 radical (unpaired) electrons. The molecule has 0 unspecified atom stereocenters. The number of fused-ring (bicyclic) bond motifs is 1. The van der Waals surface area contributed by atoms with E-state index in [9.17, 15) is 4.79 Å². The van der Waals surface area contributed by atoms with Gasteiger partial charge in [0.25, 0.3) is 5.91 Å². The van der Waals surface area contributed by atoms with Crippen LogP contribution in [0.4, 0.5) is 5.69 Å². The van der Waals surface area contributed by atoms with Crippen LogP contribution in [0.3, 0.4) is 0 Å². The average molecular weight is 291 g/mol. The number of carbonyl (C=O) groups is 1. The molecule has 1 saturated heterocycles. The minimum Gasteiger partial charge on any atom is -0.397 e. The molecule has 0 saturated carbocycles. The molecular formula is C13H17N5OS.